The van der Waals surface area contributed by atoms with Gasteiger partial charge in [-0.2, -0.15) is 0 Å². The first-order valence-electron chi connectivity index (χ1n) is 8.27. The third-order valence-electron chi connectivity index (χ3n) is 5.24. The molecule has 0 radical (unpaired) electrons. The molecule has 3 atom stereocenters. The van der Waals surface area contributed by atoms with Gasteiger partial charge in [-0.05, 0) is 26.2 Å². The largest absolute Gasteiger partial charge is 0.444 e. The minimum Gasteiger partial charge on any atom is -0.444 e. The van der Waals surface area contributed by atoms with Crippen molar-refractivity contribution < 1.29 is 19.0 Å². The fourth-order valence-corrected chi connectivity index (χ4v) is 3.83. The summed E-state index contributed by atoms with van der Waals surface area (Å²) in [6.07, 6.45) is 7.93. The van der Waals surface area contributed by atoms with Crippen LogP contribution in [0.4, 0.5) is 4.79 Å². The highest BCUT2D eigenvalue weighted by Crippen LogP contribution is 2.34. The fourth-order valence-electron chi connectivity index (χ4n) is 3.83. The van der Waals surface area contributed by atoms with Crippen molar-refractivity contribution in [3.63, 3.8) is 0 Å². The predicted octanol–water partition coefficient (Wildman–Crippen LogP) is 2.98. The van der Waals surface area contributed by atoms with E-state index in [1.54, 1.807) is 0 Å². The number of nitrogens with one attached hydrogen (secondary N) is 1. The molecule has 3 rings (SSSR count). The lowest BCUT2D eigenvalue weighted by molar-refractivity contribution is 0.0119. The average molecular weight is 297 g/mol. The van der Waals surface area contributed by atoms with Gasteiger partial charge in [-0.1, -0.05) is 32.1 Å². The predicted molar refractivity (Wildman–Crippen MR) is 77.9 cm³/mol. The molecule has 2 saturated heterocycles. The Labute approximate surface area is 126 Å². The number of ether oxygens (including phenoxy) is 3. The number of amides is 1. The van der Waals surface area contributed by atoms with E-state index in [2.05, 4.69) is 5.32 Å². The Bertz CT molecular complexity index is 378. The lowest BCUT2D eigenvalue weighted by Gasteiger charge is -2.29. The van der Waals surface area contributed by atoms with Gasteiger partial charge >= 0.3 is 6.09 Å². The second-order valence-corrected chi connectivity index (χ2v) is 7.19. The minimum absolute atomic E-state index is 0.0101. The molecule has 5 heteroatoms. The molecule has 0 aromatic rings. The lowest BCUT2D eigenvalue weighted by atomic mass is 9.82. The van der Waals surface area contributed by atoms with Crippen LogP contribution in [0.15, 0.2) is 0 Å². The maximum absolute atomic E-state index is 11.6. The zero-order valence-corrected chi connectivity index (χ0v) is 13.1. The van der Waals surface area contributed by atoms with Gasteiger partial charge in [0.1, 0.15) is 12.9 Å². The van der Waals surface area contributed by atoms with Crippen molar-refractivity contribution in [2.24, 2.45) is 5.92 Å². The molecule has 2 aliphatic heterocycles. The van der Waals surface area contributed by atoms with Gasteiger partial charge in [-0.3, -0.25) is 0 Å². The Morgan fingerprint density at radius 2 is 1.95 bits per heavy atom. The first-order valence-corrected chi connectivity index (χ1v) is 8.27. The summed E-state index contributed by atoms with van der Waals surface area (Å²) in [5, 5.41) is 3.00. The van der Waals surface area contributed by atoms with Crippen molar-refractivity contribution in [3.05, 3.63) is 0 Å². The number of carbonyl (C=O) groups excluding carboxylic acids is 1. The first-order chi connectivity index (χ1) is 10.0. The van der Waals surface area contributed by atoms with Gasteiger partial charge in [-0.15, -0.1) is 0 Å². The van der Waals surface area contributed by atoms with Crippen LogP contribution in [-0.4, -0.2) is 36.7 Å². The molecule has 0 spiro atoms. The Hall–Kier alpha value is -0.810. The SMILES string of the molecule is CC1(C)OCO[C@H]1C[C@@H]1OC(=O)N[C@H]1CC1CCCCC1. The Balaban J connectivity index is 1.58. The van der Waals surface area contributed by atoms with Crippen molar-refractivity contribution in [2.75, 3.05) is 6.79 Å². The van der Waals surface area contributed by atoms with Crippen LogP contribution in [0.2, 0.25) is 0 Å². The summed E-state index contributed by atoms with van der Waals surface area (Å²) in [7, 11) is 0. The molecule has 21 heavy (non-hydrogen) atoms. The summed E-state index contributed by atoms with van der Waals surface area (Å²) < 4.78 is 16.7. The van der Waals surface area contributed by atoms with Gasteiger partial charge in [-0.25, -0.2) is 4.79 Å². The highest BCUT2D eigenvalue weighted by molar-refractivity contribution is 5.70. The molecule has 5 nitrogen and oxygen atoms in total. The molecule has 0 aromatic carbocycles. The lowest BCUT2D eigenvalue weighted by Crippen LogP contribution is -2.40. The standard InChI is InChI=1S/C16H27NO4/c1-16(2)14(19-10-20-16)9-13-12(17-15(18)21-13)8-11-6-4-3-5-7-11/h11-14H,3-10H2,1-2H3,(H,17,18)/t12-,13-,14-/m0/s1. The molecule has 1 amide bonds. The maximum atomic E-state index is 11.6. The van der Waals surface area contributed by atoms with Gasteiger partial charge in [0.05, 0.1) is 17.7 Å². The molecule has 0 unspecified atom stereocenters. The van der Waals surface area contributed by atoms with Gasteiger partial charge in [0.25, 0.3) is 0 Å². The summed E-state index contributed by atoms with van der Waals surface area (Å²) >= 11 is 0. The first kappa shape index (κ1) is 15.1. The van der Waals surface area contributed by atoms with Gasteiger partial charge < -0.3 is 19.5 Å². The molecule has 2 heterocycles. The number of hydrogen-bond donors (Lipinski definition) is 1. The van der Waals surface area contributed by atoms with E-state index in [9.17, 15) is 4.79 Å². The van der Waals surface area contributed by atoms with E-state index in [0.29, 0.717) is 13.2 Å². The van der Waals surface area contributed by atoms with Crippen molar-refractivity contribution in [1.82, 2.24) is 5.32 Å². The van der Waals surface area contributed by atoms with Crippen LogP contribution in [-0.2, 0) is 14.2 Å². The second-order valence-electron chi connectivity index (χ2n) is 7.19. The smallest absolute Gasteiger partial charge is 0.407 e. The highest BCUT2D eigenvalue weighted by Gasteiger charge is 2.44. The molecular formula is C16H27NO4. The number of cyclic esters (lactones) is 1. The monoisotopic (exact) mass is 297 g/mol. The summed E-state index contributed by atoms with van der Waals surface area (Å²) in [4.78, 5) is 11.6. The summed E-state index contributed by atoms with van der Waals surface area (Å²) in [5.41, 5.74) is -0.301. The molecular weight excluding hydrogens is 270 g/mol. The van der Waals surface area contributed by atoms with Crippen molar-refractivity contribution in [1.29, 1.82) is 0 Å². The van der Waals surface area contributed by atoms with E-state index in [-0.39, 0.29) is 29.9 Å². The number of alkyl carbamates (subject to hydrolysis) is 1. The molecule has 0 aromatic heterocycles. The van der Waals surface area contributed by atoms with E-state index >= 15 is 0 Å². The third-order valence-corrected chi connectivity index (χ3v) is 5.24. The number of rotatable bonds is 4. The normalized spacial score (nSPS) is 36.5. The minimum atomic E-state index is -0.301. The maximum Gasteiger partial charge on any atom is 0.407 e. The summed E-state index contributed by atoms with van der Waals surface area (Å²) in [5.74, 6) is 0.724. The Morgan fingerprint density at radius 1 is 1.19 bits per heavy atom. The van der Waals surface area contributed by atoms with Crippen LogP contribution in [0, 0.1) is 5.92 Å². The van der Waals surface area contributed by atoms with Crippen molar-refractivity contribution in [3.8, 4) is 0 Å². The fraction of sp³-hybridized carbons (Fsp3) is 0.938. The molecule has 0 bridgehead atoms. The molecule has 120 valence electrons. The number of hydrogen-bond acceptors (Lipinski definition) is 4. The van der Waals surface area contributed by atoms with E-state index in [1.807, 2.05) is 13.8 Å². The highest BCUT2D eigenvalue weighted by atomic mass is 16.7. The van der Waals surface area contributed by atoms with E-state index in [1.165, 1.54) is 32.1 Å². The molecule has 3 aliphatic rings. The Kier molecular flexibility index (Phi) is 4.41. The summed E-state index contributed by atoms with van der Waals surface area (Å²) in [6.45, 7) is 4.40. The molecule has 3 fully saturated rings. The van der Waals surface area contributed by atoms with Gasteiger partial charge in [0, 0.05) is 6.42 Å². The molecule has 1 saturated carbocycles. The zero-order valence-electron chi connectivity index (χ0n) is 13.1. The van der Waals surface area contributed by atoms with Gasteiger partial charge in [0.15, 0.2) is 0 Å². The molecule has 1 N–H and O–H groups in total. The van der Waals surface area contributed by atoms with Gasteiger partial charge in [0.2, 0.25) is 0 Å². The third kappa shape index (κ3) is 3.51. The van der Waals surface area contributed by atoms with Crippen LogP contribution < -0.4 is 5.32 Å². The van der Waals surface area contributed by atoms with E-state index < -0.39 is 0 Å². The van der Waals surface area contributed by atoms with Crippen LogP contribution >= 0.6 is 0 Å². The van der Waals surface area contributed by atoms with E-state index in [0.717, 1.165) is 12.3 Å². The van der Waals surface area contributed by atoms with Crippen LogP contribution in [0.5, 0.6) is 0 Å². The quantitative estimate of drug-likeness (QED) is 0.866. The molecule has 1 aliphatic carbocycles. The van der Waals surface area contributed by atoms with Crippen molar-refractivity contribution in [2.45, 2.75) is 82.6 Å². The van der Waals surface area contributed by atoms with Crippen LogP contribution in [0.3, 0.4) is 0 Å². The second kappa shape index (κ2) is 6.13. The number of carbonyl (C=O) groups is 1. The van der Waals surface area contributed by atoms with Crippen LogP contribution in [0.1, 0.15) is 58.8 Å². The van der Waals surface area contributed by atoms with Crippen molar-refractivity contribution >= 4 is 6.09 Å². The zero-order chi connectivity index (χ0) is 14.9. The average Bonchev–Trinajstić information content (AvgIpc) is 2.94. The topological polar surface area (TPSA) is 56.8 Å². The summed E-state index contributed by atoms with van der Waals surface area (Å²) in [6, 6.07) is 0.126. The van der Waals surface area contributed by atoms with Crippen LogP contribution in [0.25, 0.3) is 0 Å². The van der Waals surface area contributed by atoms with E-state index in [4.69, 9.17) is 14.2 Å². The Morgan fingerprint density at radius 3 is 2.62 bits per heavy atom.